The average molecular weight is 394 g/mol. The molecule has 1 aromatic carbocycles. The van der Waals surface area contributed by atoms with Crippen molar-refractivity contribution in [2.45, 2.75) is 39.7 Å². The lowest BCUT2D eigenvalue weighted by atomic mass is 10.0. The maximum Gasteiger partial charge on any atom is 0.409 e. The third-order valence-corrected chi connectivity index (χ3v) is 5.19. The van der Waals surface area contributed by atoms with Crippen molar-refractivity contribution in [1.82, 2.24) is 9.80 Å². The fraction of sp³-hybridized carbons (Fsp3) is 0.600. The quantitative estimate of drug-likeness (QED) is 0.746. The Labute approximate surface area is 167 Å². The number of carbonyl (C=O) groups excluding carboxylic acids is 1. The number of anilines is 1. The van der Waals surface area contributed by atoms with Crippen molar-refractivity contribution in [3.05, 3.63) is 29.3 Å². The molecule has 0 radical (unpaired) electrons. The van der Waals surface area contributed by atoms with Crippen LogP contribution in [-0.2, 0) is 9.47 Å². The molecule has 0 unspecified atom stereocenters. The zero-order chi connectivity index (χ0) is 19.8. The Balaban J connectivity index is 2.02. The molecule has 6 nitrogen and oxygen atoms in total. The maximum absolute atomic E-state index is 11.9. The lowest BCUT2D eigenvalue weighted by molar-refractivity contribution is 0.0829. The number of likely N-dealkylation sites (tertiary alicyclic amines) is 1. The summed E-state index contributed by atoms with van der Waals surface area (Å²) in [7, 11) is 1.70. The molecule has 0 atom stereocenters. The van der Waals surface area contributed by atoms with Crippen LogP contribution in [0.1, 0.15) is 30.9 Å². The molecule has 1 saturated heterocycles. The predicted octanol–water partition coefficient (Wildman–Crippen LogP) is 3.57. The predicted molar refractivity (Wildman–Crippen MR) is 112 cm³/mol. The van der Waals surface area contributed by atoms with Gasteiger partial charge in [-0.25, -0.2) is 4.79 Å². The number of thiocarbonyl (C=S) groups is 1. The summed E-state index contributed by atoms with van der Waals surface area (Å²) < 4.78 is 10.4. The van der Waals surface area contributed by atoms with E-state index in [1.54, 1.807) is 12.0 Å². The van der Waals surface area contributed by atoms with E-state index in [-0.39, 0.29) is 12.1 Å². The van der Waals surface area contributed by atoms with Crippen LogP contribution in [0.3, 0.4) is 0 Å². The van der Waals surface area contributed by atoms with Gasteiger partial charge >= 0.3 is 6.09 Å². The second kappa shape index (κ2) is 10.5. The highest BCUT2D eigenvalue weighted by Gasteiger charge is 2.28. The number of carbonyl (C=O) groups is 1. The van der Waals surface area contributed by atoms with Gasteiger partial charge in [0.1, 0.15) is 0 Å². The molecule has 1 N–H and O–H groups in total. The summed E-state index contributed by atoms with van der Waals surface area (Å²) in [4.78, 5) is 15.9. The van der Waals surface area contributed by atoms with Crippen molar-refractivity contribution >= 4 is 29.1 Å². The molecule has 0 aromatic heterocycles. The van der Waals surface area contributed by atoms with E-state index < -0.39 is 0 Å². The van der Waals surface area contributed by atoms with Crippen LogP contribution in [0.2, 0.25) is 0 Å². The van der Waals surface area contributed by atoms with Crippen LogP contribution in [0.4, 0.5) is 10.5 Å². The summed E-state index contributed by atoms with van der Waals surface area (Å²) in [5.74, 6) is 0. The van der Waals surface area contributed by atoms with E-state index in [9.17, 15) is 4.79 Å². The minimum absolute atomic E-state index is 0.227. The van der Waals surface area contributed by atoms with Gasteiger partial charge in [-0.1, -0.05) is 17.7 Å². The molecule has 0 spiro atoms. The van der Waals surface area contributed by atoms with Gasteiger partial charge in [-0.2, -0.15) is 0 Å². The number of nitrogens with zero attached hydrogens (tertiary/aromatic N) is 2. The van der Waals surface area contributed by atoms with Gasteiger partial charge in [0.2, 0.25) is 0 Å². The first-order chi connectivity index (χ1) is 13.0. The van der Waals surface area contributed by atoms with Crippen molar-refractivity contribution in [3.8, 4) is 0 Å². The van der Waals surface area contributed by atoms with Crippen molar-refractivity contribution in [2.75, 3.05) is 45.3 Å². The van der Waals surface area contributed by atoms with E-state index in [0.717, 1.165) is 25.1 Å². The number of rotatable bonds is 6. The Hall–Kier alpha value is -1.86. The summed E-state index contributed by atoms with van der Waals surface area (Å²) in [6.45, 7) is 9.08. The van der Waals surface area contributed by atoms with E-state index in [4.69, 9.17) is 21.7 Å². The molecular weight excluding hydrogens is 362 g/mol. The molecular formula is C20H31N3O3S. The summed E-state index contributed by atoms with van der Waals surface area (Å²) in [6, 6.07) is 6.56. The number of benzene rings is 1. The third kappa shape index (κ3) is 6.07. The lowest BCUT2D eigenvalue weighted by Gasteiger charge is -2.39. The molecule has 0 saturated carbocycles. The summed E-state index contributed by atoms with van der Waals surface area (Å²) >= 11 is 5.72. The van der Waals surface area contributed by atoms with E-state index in [1.807, 2.05) is 6.92 Å². The Morgan fingerprint density at radius 2 is 2.04 bits per heavy atom. The minimum Gasteiger partial charge on any atom is -0.450 e. The maximum atomic E-state index is 11.9. The molecule has 150 valence electrons. The number of methoxy groups -OCH3 is 1. The van der Waals surface area contributed by atoms with Crippen LogP contribution >= 0.6 is 12.2 Å². The second-order valence-electron chi connectivity index (χ2n) is 6.85. The van der Waals surface area contributed by atoms with E-state index in [2.05, 4.69) is 42.3 Å². The molecule has 1 amide bonds. The highest BCUT2D eigenvalue weighted by Crippen LogP contribution is 2.21. The average Bonchev–Trinajstić information content (AvgIpc) is 2.65. The first kappa shape index (κ1) is 21.4. The van der Waals surface area contributed by atoms with Crippen molar-refractivity contribution in [3.63, 3.8) is 0 Å². The van der Waals surface area contributed by atoms with Crippen LogP contribution in [-0.4, -0.2) is 67.0 Å². The van der Waals surface area contributed by atoms with Gasteiger partial charge in [-0.15, -0.1) is 0 Å². The number of hydrogen-bond donors (Lipinski definition) is 1. The third-order valence-electron chi connectivity index (χ3n) is 4.85. The summed E-state index contributed by atoms with van der Waals surface area (Å²) in [5, 5.41) is 4.10. The number of ether oxygens (including phenoxy) is 2. The van der Waals surface area contributed by atoms with Crippen molar-refractivity contribution in [1.29, 1.82) is 0 Å². The summed E-state index contributed by atoms with van der Waals surface area (Å²) in [6.07, 6.45) is 1.49. The molecule has 1 aromatic rings. The molecule has 2 rings (SSSR count). The second-order valence-corrected chi connectivity index (χ2v) is 7.24. The number of amides is 1. The highest BCUT2D eigenvalue weighted by atomic mass is 32.1. The Morgan fingerprint density at radius 3 is 2.63 bits per heavy atom. The molecule has 1 aliphatic rings. The van der Waals surface area contributed by atoms with Gasteiger partial charge in [-0.3, -0.25) is 0 Å². The monoisotopic (exact) mass is 393 g/mol. The Morgan fingerprint density at radius 1 is 1.33 bits per heavy atom. The first-order valence-electron chi connectivity index (χ1n) is 9.51. The highest BCUT2D eigenvalue weighted by molar-refractivity contribution is 7.80. The van der Waals surface area contributed by atoms with E-state index in [1.165, 1.54) is 11.1 Å². The van der Waals surface area contributed by atoms with Crippen LogP contribution in [0.5, 0.6) is 0 Å². The van der Waals surface area contributed by atoms with Gasteiger partial charge in [-0.05, 0) is 57.5 Å². The Kier molecular flexibility index (Phi) is 8.31. The largest absolute Gasteiger partial charge is 0.450 e. The standard InChI is InChI=1S/C20H31N3O3S/c1-5-26-20(24)22-10-8-17(9-11-22)23(12-13-25-4)19(27)21-18-7-6-15(2)14-16(18)3/h6-7,14,17H,5,8-13H2,1-4H3,(H,21,27). The molecule has 1 aliphatic heterocycles. The van der Waals surface area contributed by atoms with E-state index >= 15 is 0 Å². The van der Waals surface area contributed by atoms with Gasteiger partial charge in [0, 0.05) is 38.5 Å². The fourth-order valence-corrected chi connectivity index (χ4v) is 3.71. The molecule has 27 heavy (non-hydrogen) atoms. The van der Waals surface area contributed by atoms with Crippen LogP contribution in [0.25, 0.3) is 0 Å². The molecule has 7 heteroatoms. The van der Waals surface area contributed by atoms with Crippen LogP contribution in [0, 0.1) is 13.8 Å². The van der Waals surface area contributed by atoms with Crippen LogP contribution < -0.4 is 5.32 Å². The molecule has 0 aliphatic carbocycles. The zero-order valence-electron chi connectivity index (χ0n) is 16.8. The molecule has 1 heterocycles. The smallest absolute Gasteiger partial charge is 0.409 e. The van der Waals surface area contributed by atoms with Gasteiger partial charge < -0.3 is 24.6 Å². The van der Waals surface area contributed by atoms with Gasteiger partial charge in [0.25, 0.3) is 0 Å². The normalized spacial score (nSPS) is 14.7. The lowest BCUT2D eigenvalue weighted by Crippen LogP contribution is -2.51. The number of aryl methyl sites for hydroxylation is 2. The Bertz CT molecular complexity index is 645. The minimum atomic E-state index is -0.227. The topological polar surface area (TPSA) is 54.0 Å². The fourth-order valence-electron chi connectivity index (χ4n) is 3.36. The number of nitrogens with one attached hydrogen (secondary N) is 1. The number of hydrogen-bond acceptors (Lipinski definition) is 4. The van der Waals surface area contributed by atoms with Crippen molar-refractivity contribution in [2.24, 2.45) is 0 Å². The number of piperidine rings is 1. The SMILES string of the molecule is CCOC(=O)N1CCC(N(CCOC)C(=S)Nc2ccc(C)cc2C)CC1. The van der Waals surface area contributed by atoms with Crippen LogP contribution in [0.15, 0.2) is 18.2 Å². The van der Waals surface area contributed by atoms with Gasteiger partial charge in [0.05, 0.1) is 13.2 Å². The zero-order valence-corrected chi connectivity index (χ0v) is 17.6. The summed E-state index contributed by atoms with van der Waals surface area (Å²) in [5.41, 5.74) is 3.42. The molecule has 0 bridgehead atoms. The van der Waals surface area contributed by atoms with E-state index in [0.29, 0.717) is 31.4 Å². The first-order valence-corrected chi connectivity index (χ1v) is 9.92. The van der Waals surface area contributed by atoms with Gasteiger partial charge in [0.15, 0.2) is 5.11 Å². The van der Waals surface area contributed by atoms with Crippen molar-refractivity contribution < 1.29 is 14.3 Å². The molecule has 1 fully saturated rings.